The third-order valence-electron chi connectivity index (χ3n) is 3.41. The second-order valence-corrected chi connectivity index (χ2v) is 5.67. The molecule has 1 aliphatic rings. The molecule has 0 aliphatic carbocycles. The number of likely N-dealkylation sites (tertiary alicyclic amines) is 1. The molecule has 1 fully saturated rings. The highest BCUT2D eigenvalue weighted by Gasteiger charge is 2.22. The molecule has 0 saturated carbocycles. The van der Waals surface area contributed by atoms with E-state index < -0.39 is 0 Å². The van der Waals surface area contributed by atoms with Crippen molar-refractivity contribution in [2.45, 2.75) is 45.2 Å². The minimum absolute atomic E-state index is 0.255. The van der Waals surface area contributed by atoms with Crippen LogP contribution in [0.3, 0.4) is 0 Å². The van der Waals surface area contributed by atoms with E-state index in [0.29, 0.717) is 6.04 Å². The largest absolute Gasteiger partial charge is 0.324 e. The summed E-state index contributed by atoms with van der Waals surface area (Å²) in [6.07, 6.45) is 5.01. The maximum Gasteiger partial charge on any atom is 0.324 e. The van der Waals surface area contributed by atoms with E-state index in [1.54, 1.807) is 6.07 Å². The zero-order valence-electron chi connectivity index (χ0n) is 10.1. The minimum Gasteiger partial charge on any atom is -0.295 e. The van der Waals surface area contributed by atoms with E-state index in [-0.39, 0.29) is 9.92 Å². The summed E-state index contributed by atoms with van der Waals surface area (Å²) in [4.78, 5) is 13.9. The van der Waals surface area contributed by atoms with Crippen molar-refractivity contribution in [1.82, 2.24) is 4.90 Å². The Bertz CT molecular complexity index is 392. The molecule has 0 radical (unpaired) electrons. The van der Waals surface area contributed by atoms with Gasteiger partial charge in [-0.1, -0.05) is 24.7 Å². The first kappa shape index (κ1) is 12.5. The lowest BCUT2D eigenvalue weighted by atomic mass is 10.00. The van der Waals surface area contributed by atoms with E-state index in [2.05, 4.69) is 11.8 Å². The predicted octanol–water partition coefficient (Wildman–Crippen LogP) is 3.42. The standard InChI is InChI=1S/C12H18N2O2S/c1-2-10-5-3-4-8-13(10)9-11-6-7-12(17-11)14(15)16/h6-7,10H,2-5,8-9H2,1H3/t10-/m0/s1. The van der Waals surface area contributed by atoms with Crippen LogP contribution in [0.4, 0.5) is 5.00 Å². The molecular formula is C12H18N2O2S. The van der Waals surface area contributed by atoms with E-state index in [1.165, 1.54) is 37.0 Å². The van der Waals surface area contributed by atoms with Gasteiger partial charge in [0.1, 0.15) is 0 Å². The average molecular weight is 254 g/mol. The fourth-order valence-electron chi connectivity index (χ4n) is 2.48. The van der Waals surface area contributed by atoms with Gasteiger partial charge in [0.15, 0.2) is 0 Å². The maximum atomic E-state index is 10.6. The maximum absolute atomic E-state index is 10.6. The first-order valence-electron chi connectivity index (χ1n) is 6.18. The fourth-order valence-corrected chi connectivity index (χ4v) is 3.33. The van der Waals surface area contributed by atoms with Gasteiger partial charge in [-0.2, -0.15) is 0 Å². The van der Waals surface area contributed by atoms with Crippen molar-refractivity contribution in [3.63, 3.8) is 0 Å². The second-order valence-electron chi connectivity index (χ2n) is 4.53. The van der Waals surface area contributed by atoms with Gasteiger partial charge in [0.2, 0.25) is 0 Å². The highest BCUT2D eigenvalue weighted by atomic mass is 32.1. The molecule has 1 atom stereocenters. The molecule has 4 nitrogen and oxygen atoms in total. The quantitative estimate of drug-likeness (QED) is 0.611. The summed E-state index contributed by atoms with van der Waals surface area (Å²) in [5.41, 5.74) is 0. The van der Waals surface area contributed by atoms with Gasteiger partial charge in [-0.25, -0.2) is 0 Å². The molecule has 0 bridgehead atoms. The molecule has 5 heteroatoms. The number of nitro groups is 1. The van der Waals surface area contributed by atoms with Crippen LogP contribution in [0, 0.1) is 10.1 Å². The molecule has 0 unspecified atom stereocenters. The monoisotopic (exact) mass is 254 g/mol. The molecular weight excluding hydrogens is 236 g/mol. The molecule has 2 heterocycles. The summed E-state index contributed by atoms with van der Waals surface area (Å²) in [5, 5.41) is 10.9. The number of piperidine rings is 1. The lowest BCUT2D eigenvalue weighted by Crippen LogP contribution is -2.38. The van der Waals surface area contributed by atoms with Gasteiger partial charge >= 0.3 is 5.00 Å². The number of thiophene rings is 1. The smallest absolute Gasteiger partial charge is 0.295 e. The van der Waals surface area contributed by atoms with E-state index in [9.17, 15) is 10.1 Å². The summed E-state index contributed by atoms with van der Waals surface area (Å²) in [7, 11) is 0. The molecule has 0 amide bonds. The summed E-state index contributed by atoms with van der Waals surface area (Å²) in [6, 6.07) is 4.17. The van der Waals surface area contributed by atoms with E-state index >= 15 is 0 Å². The van der Waals surface area contributed by atoms with Crippen LogP contribution < -0.4 is 0 Å². The molecule has 1 aromatic heterocycles. The Kier molecular flexibility index (Phi) is 4.12. The number of hydrogen-bond donors (Lipinski definition) is 0. The topological polar surface area (TPSA) is 46.4 Å². The number of nitrogens with zero attached hydrogens (tertiary/aromatic N) is 2. The summed E-state index contributed by atoms with van der Waals surface area (Å²) in [6.45, 7) is 4.22. The summed E-state index contributed by atoms with van der Waals surface area (Å²) in [5.74, 6) is 0. The first-order valence-corrected chi connectivity index (χ1v) is 6.99. The molecule has 17 heavy (non-hydrogen) atoms. The molecule has 0 aromatic carbocycles. The van der Waals surface area contributed by atoms with Crippen molar-refractivity contribution in [1.29, 1.82) is 0 Å². The zero-order valence-corrected chi connectivity index (χ0v) is 10.9. The molecule has 2 rings (SSSR count). The minimum atomic E-state index is -0.304. The van der Waals surface area contributed by atoms with Crippen LogP contribution in [0.25, 0.3) is 0 Å². The Balaban J connectivity index is 2.00. The zero-order chi connectivity index (χ0) is 12.3. The lowest BCUT2D eigenvalue weighted by Gasteiger charge is -2.34. The number of rotatable bonds is 4. The van der Waals surface area contributed by atoms with Crippen LogP contribution >= 0.6 is 11.3 Å². The third-order valence-corrected chi connectivity index (χ3v) is 4.43. The highest BCUT2D eigenvalue weighted by Crippen LogP contribution is 2.28. The van der Waals surface area contributed by atoms with Crippen molar-refractivity contribution in [2.75, 3.05) is 6.54 Å². The predicted molar refractivity (Wildman–Crippen MR) is 69.3 cm³/mol. The van der Waals surface area contributed by atoms with Crippen LogP contribution in [0.2, 0.25) is 0 Å². The molecule has 1 saturated heterocycles. The first-order chi connectivity index (χ1) is 8.20. The molecule has 0 spiro atoms. The van der Waals surface area contributed by atoms with Gasteiger partial charge in [-0.05, 0) is 31.9 Å². The van der Waals surface area contributed by atoms with E-state index in [1.807, 2.05) is 6.07 Å². The Morgan fingerprint density at radius 1 is 1.53 bits per heavy atom. The van der Waals surface area contributed by atoms with Crippen LogP contribution in [0.15, 0.2) is 12.1 Å². The average Bonchev–Trinajstić information content (AvgIpc) is 2.78. The van der Waals surface area contributed by atoms with Crippen LogP contribution in [-0.2, 0) is 6.54 Å². The second kappa shape index (κ2) is 5.60. The van der Waals surface area contributed by atoms with Gasteiger partial charge in [0.25, 0.3) is 0 Å². The Labute approximate surface area is 105 Å². The number of hydrogen-bond acceptors (Lipinski definition) is 4. The Morgan fingerprint density at radius 2 is 2.35 bits per heavy atom. The van der Waals surface area contributed by atoms with Crippen molar-refractivity contribution >= 4 is 16.3 Å². The highest BCUT2D eigenvalue weighted by molar-refractivity contribution is 7.15. The van der Waals surface area contributed by atoms with Crippen molar-refractivity contribution < 1.29 is 4.92 Å². The van der Waals surface area contributed by atoms with Crippen molar-refractivity contribution in [3.05, 3.63) is 27.1 Å². The van der Waals surface area contributed by atoms with Crippen molar-refractivity contribution in [3.8, 4) is 0 Å². The van der Waals surface area contributed by atoms with E-state index in [4.69, 9.17) is 0 Å². The normalized spacial score (nSPS) is 21.6. The van der Waals surface area contributed by atoms with Gasteiger partial charge in [0.05, 0.1) is 4.92 Å². The van der Waals surface area contributed by atoms with E-state index in [0.717, 1.165) is 18.0 Å². The Hall–Kier alpha value is -0.940. The van der Waals surface area contributed by atoms with Crippen LogP contribution in [-0.4, -0.2) is 22.4 Å². The van der Waals surface area contributed by atoms with Gasteiger partial charge in [-0.3, -0.25) is 15.0 Å². The van der Waals surface area contributed by atoms with Gasteiger partial charge < -0.3 is 0 Å². The summed E-state index contributed by atoms with van der Waals surface area (Å²) >= 11 is 1.31. The van der Waals surface area contributed by atoms with Gasteiger partial charge in [0, 0.05) is 23.5 Å². The van der Waals surface area contributed by atoms with Gasteiger partial charge in [-0.15, -0.1) is 0 Å². The Morgan fingerprint density at radius 3 is 3.00 bits per heavy atom. The fraction of sp³-hybridized carbons (Fsp3) is 0.667. The molecule has 1 aliphatic heterocycles. The van der Waals surface area contributed by atoms with Crippen LogP contribution in [0.5, 0.6) is 0 Å². The van der Waals surface area contributed by atoms with Crippen LogP contribution in [0.1, 0.15) is 37.5 Å². The van der Waals surface area contributed by atoms with Crippen molar-refractivity contribution in [2.24, 2.45) is 0 Å². The molecule has 94 valence electrons. The molecule has 1 aromatic rings. The summed E-state index contributed by atoms with van der Waals surface area (Å²) < 4.78 is 0. The molecule has 0 N–H and O–H groups in total. The SMILES string of the molecule is CC[C@H]1CCCCN1Cc1ccc([N+](=O)[O-])s1. The lowest BCUT2D eigenvalue weighted by molar-refractivity contribution is -0.380. The third kappa shape index (κ3) is 3.04.